The normalized spacial score (nSPS) is 18.8. The third-order valence-electron chi connectivity index (χ3n) is 6.81. The fraction of sp³-hybridized carbons (Fsp3) is 0.444. The SMILES string of the molecule is CC(C)c1ccc(NC(=O)CC2C(=O)NCCN2C(=O)CN2CCN(c3ccc(F)cc3)CC2)cc1. The van der Waals surface area contributed by atoms with Gasteiger partial charge in [0.25, 0.3) is 0 Å². The Kier molecular flexibility index (Phi) is 8.20. The Hall–Kier alpha value is -3.46. The van der Waals surface area contributed by atoms with Crippen molar-refractivity contribution < 1.29 is 18.8 Å². The summed E-state index contributed by atoms with van der Waals surface area (Å²) in [6, 6.07) is 13.2. The lowest BCUT2D eigenvalue weighted by atomic mass is 10.0. The lowest BCUT2D eigenvalue weighted by molar-refractivity contribution is -0.145. The van der Waals surface area contributed by atoms with Crippen LogP contribution in [0.3, 0.4) is 0 Å². The molecule has 0 saturated carbocycles. The fourth-order valence-corrected chi connectivity index (χ4v) is 4.65. The molecule has 2 heterocycles. The van der Waals surface area contributed by atoms with Crippen molar-refractivity contribution in [3.05, 3.63) is 59.9 Å². The van der Waals surface area contributed by atoms with Crippen molar-refractivity contribution in [1.29, 1.82) is 0 Å². The molecule has 0 bridgehead atoms. The maximum absolute atomic E-state index is 13.2. The van der Waals surface area contributed by atoms with E-state index < -0.39 is 6.04 Å². The van der Waals surface area contributed by atoms with Gasteiger partial charge in [0.15, 0.2) is 0 Å². The first-order chi connectivity index (χ1) is 17.3. The van der Waals surface area contributed by atoms with E-state index in [1.54, 1.807) is 12.1 Å². The topological polar surface area (TPSA) is 85.0 Å². The maximum atomic E-state index is 13.2. The van der Waals surface area contributed by atoms with Gasteiger partial charge in [-0.25, -0.2) is 4.39 Å². The van der Waals surface area contributed by atoms with Crippen LogP contribution in [0.5, 0.6) is 0 Å². The monoisotopic (exact) mass is 495 g/mol. The van der Waals surface area contributed by atoms with Gasteiger partial charge < -0.3 is 20.4 Å². The van der Waals surface area contributed by atoms with Gasteiger partial charge in [0.05, 0.1) is 13.0 Å². The average molecular weight is 496 g/mol. The number of hydrogen-bond acceptors (Lipinski definition) is 5. The second-order valence-electron chi connectivity index (χ2n) is 9.66. The fourth-order valence-electron chi connectivity index (χ4n) is 4.65. The summed E-state index contributed by atoms with van der Waals surface area (Å²) in [6.45, 7) is 7.96. The summed E-state index contributed by atoms with van der Waals surface area (Å²) in [7, 11) is 0. The molecule has 3 amide bonds. The molecule has 2 fully saturated rings. The van der Waals surface area contributed by atoms with Crippen LogP contribution in [0.15, 0.2) is 48.5 Å². The number of amides is 3. The molecule has 4 rings (SSSR count). The third-order valence-corrected chi connectivity index (χ3v) is 6.81. The predicted octanol–water partition coefficient (Wildman–Crippen LogP) is 2.43. The molecule has 1 atom stereocenters. The smallest absolute Gasteiger partial charge is 0.243 e. The van der Waals surface area contributed by atoms with Crippen molar-refractivity contribution in [2.75, 3.05) is 56.0 Å². The van der Waals surface area contributed by atoms with Crippen LogP contribution in [-0.4, -0.2) is 79.4 Å². The summed E-state index contributed by atoms with van der Waals surface area (Å²) in [5.41, 5.74) is 2.80. The van der Waals surface area contributed by atoms with Gasteiger partial charge in [0, 0.05) is 50.6 Å². The molecule has 2 aromatic carbocycles. The van der Waals surface area contributed by atoms with Crippen molar-refractivity contribution in [3.8, 4) is 0 Å². The van der Waals surface area contributed by atoms with E-state index in [0.717, 1.165) is 18.8 Å². The number of hydrogen-bond donors (Lipinski definition) is 2. The average Bonchev–Trinajstić information content (AvgIpc) is 2.86. The molecule has 8 nitrogen and oxygen atoms in total. The van der Waals surface area contributed by atoms with Crippen LogP contribution in [0.2, 0.25) is 0 Å². The van der Waals surface area contributed by atoms with E-state index in [0.29, 0.717) is 37.8 Å². The summed E-state index contributed by atoms with van der Waals surface area (Å²) in [5, 5.41) is 5.62. The first-order valence-electron chi connectivity index (χ1n) is 12.5. The number of benzene rings is 2. The minimum atomic E-state index is -0.832. The maximum Gasteiger partial charge on any atom is 0.243 e. The number of nitrogens with zero attached hydrogens (tertiary/aromatic N) is 3. The Bertz CT molecular complexity index is 1070. The molecule has 2 saturated heterocycles. The molecule has 0 aliphatic carbocycles. The molecular formula is C27H34FN5O3. The van der Waals surface area contributed by atoms with Crippen LogP contribution < -0.4 is 15.5 Å². The third kappa shape index (κ3) is 6.40. The second-order valence-corrected chi connectivity index (χ2v) is 9.66. The van der Waals surface area contributed by atoms with Crippen LogP contribution in [0.25, 0.3) is 0 Å². The largest absolute Gasteiger partial charge is 0.369 e. The van der Waals surface area contributed by atoms with Crippen LogP contribution in [0.1, 0.15) is 31.7 Å². The lowest BCUT2D eigenvalue weighted by Gasteiger charge is -2.39. The van der Waals surface area contributed by atoms with Crippen molar-refractivity contribution in [2.24, 2.45) is 0 Å². The minimum absolute atomic E-state index is 0.0954. The molecule has 2 aliphatic heterocycles. The molecule has 0 radical (unpaired) electrons. The van der Waals surface area contributed by atoms with Crippen molar-refractivity contribution in [2.45, 2.75) is 32.2 Å². The zero-order valence-corrected chi connectivity index (χ0v) is 20.9. The number of anilines is 2. The van der Waals surface area contributed by atoms with E-state index >= 15 is 0 Å². The van der Waals surface area contributed by atoms with E-state index in [1.807, 2.05) is 24.3 Å². The number of carbonyl (C=O) groups excluding carboxylic acids is 3. The van der Waals surface area contributed by atoms with Gasteiger partial charge >= 0.3 is 0 Å². The molecule has 1 unspecified atom stereocenters. The molecule has 2 N–H and O–H groups in total. The molecule has 0 spiro atoms. The van der Waals surface area contributed by atoms with Crippen LogP contribution in [0.4, 0.5) is 15.8 Å². The highest BCUT2D eigenvalue weighted by Crippen LogP contribution is 2.19. The van der Waals surface area contributed by atoms with Gasteiger partial charge in [-0.15, -0.1) is 0 Å². The predicted molar refractivity (Wildman–Crippen MR) is 137 cm³/mol. The second kappa shape index (κ2) is 11.5. The van der Waals surface area contributed by atoms with E-state index in [1.165, 1.54) is 22.6 Å². The lowest BCUT2D eigenvalue weighted by Crippen LogP contribution is -2.60. The van der Waals surface area contributed by atoms with Gasteiger partial charge in [0.1, 0.15) is 11.9 Å². The standard InChI is InChI=1S/C27H34FN5O3/c1-19(2)20-3-7-22(8-4-20)30-25(34)17-24-27(36)29-11-12-33(24)26(35)18-31-13-15-32(16-14-31)23-9-5-21(28)6-10-23/h3-10,19,24H,11-18H2,1-2H3,(H,29,36)(H,30,34). The Morgan fingerprint density at radius 3 is 2.31 bits per heavy atom. The van der Waals surface area contributed by atoms with Crippen molar-refractivity contribution >= 4 is 29.1 Å². The highest BCUT2D eigenvalue weighted by atomic mass is 19.1. The Morgan fingerprint density at radius 1 is 1.00 bits per heavy atom. The first-order valence-corrected chi connectivity index (χ1v) is 12.5. The summed E-state index contributed by atoms with van der Waals surface area (Å²) < 4.78 is 13.2. The first kappa shape index (κ1) is 25.6. The Labute approximate surface area is 211 Å². The molecule has 36 heavy (non-hydrogen) atoms. The zero-order chi connectivity index (χ0) is 25.7. The van der Waals surface area contributed by atoms with E-state index in [-0.39, 0.29) is 36.5 Å². The van der Waals surface area contributed by atoms with Crippen LogP contribution >= 0.6 is 0 Å². The summed E-state index contributed by atoms with van der Waals surface area (Å²) >= 11 is 0. The highest BCUT2D eigenvalue weighted by molar-refractivity contribution is 5.97. The minimum Gasteiger partial charge on any atom is -0.369 e. The van der Waals surface area contributed by atoms with Crippen LogP contribution in [-0.2, 0) is 14.4 Å². The Balaban J connectivity index is 1.31. The van der Waals surface area contributed by atoms with Crippen molar-refractivity contribution in [3.63, 3.8) is 0 Å². The van der Waals surface area contributed by atoms with Crippen LogP contribution in [0, 0.1) is 5.82 Å². The van der Waals surface area contributed by atoms with E-state index in [9.17, 15) is 18.8 Å². The number of rotatable bonds is 7. The molecule has 192 valence electrons. The molecule has 9 heteroatoms. The summed E-state index contributed by atoms with van der Waals surface area (Å²) in [6.07, 6.45) is -0.0954. The van der Waals surface area contributed by atoms with Gasteiger partial charge in [-0.2, -0.15) is 0 Å². The molecule has 2 aromatic rings. The molecule has 2 aliphatic rings. The zero-order valence-electron chi connectivity index (χ0n) is 20.9. The summed E-state index contributed by atoms with van der Waals surface area (Å²) in [4.78, 5) is 44.3. The number of piperazine rings is 2. The van der Waals surface area contributed by atoms with Gasteiger partial charge in [-0.05, 0) is 47.9 Å². The van der Waals surface area contributed by atoms with Crippen molar-refractivity contribution in [1.82, 2.24) is 15.1 Å². The van der Waals surface area contributed by atoms with Gasteiger partial charge in [0.2, 0.25) is 17.7 Å². The Morgan fingerprint density at radius 2 is 1.67 bits per heavy atom. The van der Waals surface area contributed by atoms with E-state index in [2.05, 4.69) is 34.3 Å². The molecular weight excluding hydrogens is 461 g/mol. The van der Waals surface area contributed by atoms with Gasteiger partial charge in [-0.3, -0.25) is 19.3 Å². The van der Waals surface area contributed by atoms with Gasteiger partial charge in [-0.1, -0.05) is 26.0 Å². The number of nitrogens with one attached hydrogen (secondary N) is 2. The highest BCUT2D eigenvalue weighted by Gasteiger charge is 2.35. The van der Waals surface area contributed by atoms with E-state index in [4.69, 9.17) is 0 Å². The quantitative estimate of drug-likeness (QED) is 0.617. The molecule has 0 aromatic heterocycles. The number of carbonyl (C=O) groups is 3. The number of halogens is 1. The summed E-state index contributed by atoms with van der Waals surface area (Å²) in [5.74, 6) is -0.632.